The van der Waals surface area contributed by atoms with Gasteiger partial charge in [-0.25, -0.2) is 0 Å². The number of anilines is 3. The molecule has 186 valence electrons. The molecule has 1 fully saturated rings. The van der Waals surface area contributed by atoms with Gasteiger partial charge in [0.2, 0.25) is 0 Å². The molecule has 1 aliphatic heterocycles. The number of benzene rings is 2. The number of fused-ring (bicyclic) bond motifs is 1. The number of carbonyl (C=O) groups is 1. The Morgan fingerprint density at radius 3 is 2.71 bits per heavy atom. The first kappa shape index (κ1) is 25.4. The number of amides is 1. The van der Waals surface area contributed by atoms with Gasteiger partial charge in [0.15, 0.2) is 0 Å². The normalized spacial score (nSPS) is 14.9. The smallest absolute Gasteiger partial charge is 0.252 e. The summed E-state index contributed by atoms with van der Waals surface area (Å²) in [6.07, 6.45) is 2.53. The molecule has 1 saturated heterocycles. The number of nitrogens with two attached hydrogens (primary N) is 1. The Balaban J connectivity index is 1.85. The van der Waals surface area contributed by atoms with E-state index in [1.54, 1.807) is 18.2 Å². The van der Waals surface area contributed by atoms with Crippen LogP contribution in [-0.4, -0.2) is 54.6 Å². The number of ether oxygens (including phenoxy) is 1. The van der Waals surface area contributed by atoms with Crippen LogP contribution < -0.4 is 20.7 Å². The summed E-state index contributed by atoms with van der Waals surface area (Å²) in [6.45, 7) is 10.8. The summed E-state index contributed by atoms with van der Waals surface area (Å²) < 4.78 is 6.04. The Morgan fingerprint density at radius 2 is 2.00 bits per heavy atom. The molecule has 9 heteroatoms. The molecule has 0 radical (unpaired) electrons. The number of carbonyl (C=O) groups excluding carboxylic acids is 1. The largest absolute Gasteiger partial charge is 0.492 e. The van der Waals surface area contributed by atoms with Crippen LogP contribution in [0.4, 0.5) is 17.1 Å². The van der Waals surface area contributed by atoms with Crippen molar-refractivity contribution in [2.45, 2.75) is 33.2 Å². The molecule has 0 bridgehead atoms. The Morgan fingerprint density at radius 1 is 1.20 bits per heavy atom. The predicted octanol–water partition coefficient (Wildman–Crippen LogP) is 5.70. The van der Waals surface area contributed by atoms with Gasteiger partial charge in [-0.2, -0.15) is 0 Å². The van der Waals surface area contributed by atoms with Crippen molar-refractivity contribution in [2.24, 2.45) is 5.73 Å². The van der Waals surface area contributed by atoms with Crippen molar-refractivity contribution in [3.63, 3.8) is 0 Å². The molecule has 1 aliphatic rings. The molecule has 0 unspecified atom stereocenters. The second-order valence-electron chi connectivity index (χ2n) is 8.88. The van der Waals surface area contributed by atoms with Crippen LogP contribution in [0.15, 0.2) is 36.5 Å². The fraction of sp³-hybridized carbons (Fsp3) is 0.385. The van der Waals surface area contributed by atoms with E-state index in [0.717, 1.165) is 49.4 Å². The molecule has 2 heterocycles. The molecule has 35 heavy (non-hydrogen) atoms. The standard InChI is InChI=1S/C26H31Cl2N5O2/c1-4-35-23-14-21-17(13-22(23)33-10-6-9-32(11-12-33)16(2)3)25(18(15-30-21)26(29)34)31-20-8-5-7-19(27)24(20)28/h5,7-8,13-16H,4,6,9-12H2,1-3H3,(H2,29,34)(H,30,31). The van der Waals surface area contributed by atoms with Gasteiger partial charge >= 0.3 is 0 Å². The van der Waals surface area contributed by atoms with Gasteiger partial charge in [0.1, 0.15) is 5.75 Å². The van der Waals surface area contributed by atoms with Gasteiger partial charge in [0.05, 0.1) is 44.8 Å². The number of rotatable bonds is 7. The van der Waals surface area contributed by atoms with Crippen molar-refractivity contribution in [2.75, 3.05) is 43.0 Å². The topological polar surface area (TPSA) is 83.7 Å². The average molecular weight is 516 g/mol. The molecule has 0 saturated carbocycles. The average Bonchev–Trinajstić information content (AvgIpc) is 3.08. The number of pyridine rings is 1. The lowest BCUT2D eigenvalue weighted by molar-refractivity contribution is 0.100. The first-order valence-electron chi connectivity index (χ1n) is 11.9. The SMILES string of the molecule is CCOc1cc2ncc(C(N)=O)c(Nc3cccc(Cl)c3Cl)c2cc1N1CCCN(C(C)C)CC1. The molecule has 0 aliphatic carbocycles. The highest BCUT2D eigenvalue weighted by Gasteiger charge is 2.23. The number of halogens is 2. The summed E-state index contributed by atoms with van der Waals surface area (Å²) in [5, 5.41) is 4.82. The highest BCUT2D eigenvalue weighted by molar-refractivity contribution is 6.43. The van der Waals surface area contributed by atoms with Crippen LogP contribution in [0.3, 0.4) is 0 Å². The van der Waals surface area contributed by atoms with E-state index < -0.39 is 5.91 Å². The van der Waals surface area contributed by atoms with Crippen molar-refractivity contribution >= 4 is 57.1 Å². The molecule has 1 aromatic heterocycles. The molecular formula is C26H31Cl2N5O2. The Kier molecular flexibility index (Phi) is 7.89. The third kappa shape index (κ3) is 5.42. The molecule has 4 rings (SSSR count). The first-order chi connectivity index (χ1) is 16.8. The van der Waals surface area contributed by atoms with Crippen molar-refractivity contribution in [1.82, 2.24) is 9.88 Å². The van der Waals surface area contributed by atoms with E-state index in [1.165, 1.54) is 6.20 Å². The van der Waals surface area contributed by atoms with Gasteiger partial charge in [-0.1, -0.05) is 29.3 Å². The van der Waals surface area contributed by atoms with Gasteiger partial charge in [-0.05, 0) is 45.4 Å². The van der Waals surface area contributed by atoms with E-state index in [9.17, 15) is 4.79 Å². The monoisotopic (exact) mass is 515 g/mol. The maximum absolute atomic E-state index is 12.4. The van der Waals surface area contributed by atoms with Gasteiger partial charge < -0.3 is 20.7 Å². The summed E-state index contributed by atoms with van der Waals surface area (Å²) >= 11 is 12.7. The Labute approximate surface area is 216 Å². The fourth-order valence-corrected chi connectivity index (χ4v) is 4.83. The molecule has 7 nitrogen and oxygen atoms in total. The Bertz CT molecular complexity index is 1230. The zero-order valence-corrected chi connectivity index (χ0v) is 21.8. The van der Waals surface area contributed by atoms with Crippen LogP contribution in [0, 0.1) is 0 Å². The van der Waals surface area contributed by atoms with E-state index in [-0.39, 0.29) is 5.56 Å². The maximum atomic E-state index is 12.4. The summed E-state index contributed by atoms with van der Waals surface area (Å²) in [5.41, 5.74) is 8.76. The molecule has 3 N–H and O–H groups in total. The highest BCUT2D eigenvalue weighted by Crippen LogP contribution is 2.40. The van der Waals surface area contributed by atoms with Crippen LogP contribution in [0.25, 0.3) is 10.9 Å². The number of hydrogen-bond donors (Lipinski definition) is 2. The third-order valence-corrected chi connectivity index (χ3v) is 7.15. The molecular weight excluding hydrogens is 485 g/mol. The zero-order chi connectivity index (χ0) is 25.1. The molecule has 3 aromatic rings. The number of primary amides is 1. The van der Waals surface area contributed by atoms with E-state index in [0.29, 0.717) is 39.6 Å². The minimum atomic E-state index is -0.585. The molecule has 1 amide bonds. The van der Waals surface area contributed by atoms with Crippen LogP contribution in [0.1, 0.15) is 37.6 Å². The van der Waals surface area contributed by atoms with E-state index in [4.69, 9.17) is 33.7 Å². The third-order valence-electron chi connectivity index (χ3n) is 6.33. The predicted molar refractivity (Wildman–Crippen MR) is 145 cm³/mol. The number of nitrogens with one attached hydrogen (secondary N) is 1. The second kappa shape index (κ2) is 10.9. The zero-order valence-electron chi connectivity index (χ0n) is 20.3. The van der Waals surface area contributed by atoms with Crippen molar-refractivity contribution in [3.05, 3.63) is 52.1 Å². The number of hydrogen-bond acceptors (Lipinski definition) is 6. The minimum absolute atomic E-state index is 0.269. The summed E-state index contributed by atoms with van der Waals surface area (Å²) in [4.78, 5) is 21.7. The quantitative estimate of drug-likeness (QED) is 0.419. The lowest BCUT2D eigenvalue weighted by Gasteiger charge is -2.27. The number of aromatic nitrogens is 1. The van der Waals surface area contributed by atoms with Gasteiger partial charge in [-0.15, -0.1) is 0 Å². The summed E-state index contributed by atoms with van der Waals surface area (Å²) in [5.74, 6) is 0.182. The van der Waals surface area contributed by atoms with E-state index >= 15 is 0 Å². The summed E-state index contributed by atoms with van der Waals surface area (Å²) in [7, 11) is 0. The van der Waals surface area contributed by atoms with Gasteiger partial charge in [0, 0.05) is 49.9 Å². The van der Waals surface area contributed by atoms with Crippen molar-refractivity contribution in [1.29, 1.82) is 0 Å². The molecule has 0 spiro atoms. The van der Waals surface area contributed by atoms with Gasteiger partial charge in [0.25, 0.3) is 5.91 Å². The molecule has 2 aromatic carbocycles. The maximum Gasteiger partial charge on any atom is 0.252 e. The van der Waals surface area contributed by atoms with E-state index in [1.807, 2.05) is 19.1 Å². The lowest BCUT2D eigenvalue weighted by atomic mass is 10.1. The van der Waals surface area contributed by atoms with Crippen LogP contribution in [-0.2, 0) is 0 Å². The Hall–Kier alpha value is -2.74. The van der Waals surface area contributed by atoms with Crippen LogP contribution >= 0.6 is 23.2 Å². The van der Waals surface area contributed by atoms with Gasteiger partial charge in [-0.3, -0.25) is 14.7 Å². The highest BCUT2D eigenvalue weighted by atomic mass is 35.5. The van der Waals surface area contributed by atoms with Crippen molar-refractivity contribution < 1.29 is 9.53 Å². The van der Waals surface area contributed by atoms with Crippen LogP contribution in [0.2, 0.25) is 10.0 Å². The molecule has 0 atom stereocenters. The van der Waals surface area contributed by atoms with Crippen molar-refractivity contribution in [3.8, 4) is 5.75 Å². The minimum Gasteiger partial charge on any atom is -0.492 e. The van der Waals surface area contributed by atoms with Crippen LogP contribution in [0.5, 0.6) is 5.75 Å². The fourth-order valence-electron chi connectivity index (χ4n) is 4.48. The lowest BCUT2D eigenvalue weighted by Crippen LogP contribution is -2.35. The first-order valence-corrected chi connectivity index (χ1v) is 12.6. The summed E-state index contributed by atoms with van der Waals surface area (Å²) in [6, 6.07) is 9.76. The second-order valence-corrected chi connectivity index (χ2v) is 9.66. The van der Waals surface area contributed by atoms with E-state index in [2.05, 4.69) is 33.9 Å². The number of nitrogens with zero attached hydrogens (tertiary/aromatic N) is 3.